The number of hydrogen-bond donors (Lipinski definition) is 2. The van der Waals surface area contributed by atoms with Crippen molar-refractivity contribution in [2.75, 3.05) is 19.7 Å². The van der Waals surface area contributed by atoms with Crippen molar-refractivity contribution in [1.29, 1.82) is 5.41 Å². The van der Waals surface area contributed by atoms with Gasteiger partial charge in [-0.1, -0.05) is 13.8 Å². The number of nitrogens with zero attached hydrogens (tertiary/aromatic N) is 1. The van der Waals surface area contributed by atoms with Crippen LogP contribution in [0.15, 0.2) is 0 Å². The van der Waals surface area contributed by atoms with E-state index >= 15 is 0 Å². The topological polar surface area (TPSA) is 62.3 Å². The molecule has 4 nitrogen and oxygen atoms in total. The Kier molecular flexibility index (Phi) is 5.05. The van der Waals surface area contributed by atoms with E-state index in [1.165, 1.54) is 0 Å². The molecule has 1 fully saturated rings. The normalized spacial score (nSPS) is 25.1. The molecule has 0 spiro atoms. The Hall–Kier alpha value is -0.610. The van der Waals surface area contributed by atoms with Gasteiger partial charge in [0.05, 0.1) is 18.5 Å². The van der Waals surface area contributed by atoms with Gasteiger partial charge >= 0.3 is 0 Å². The summed E-state index contributed by atoms with van der Waals surface area (Å²) in [5.41, 5.74) is 5.47. The van der Waals surface area contributed by atoms with Gasteiger partial charge in [-0.2, -0.15) is 0 Å². The first-order valence-electron chi connectivity index (χ1n) is 5.85. The number of morpholine rings is 1. The van der Waals surface area contributed by atoms with Crippen molar-refractivity contribution in [2.24, 2.45) is 5.73 Å². The number of hydrogen-bond acceptors (Lipinski definition) is 3. The molecule has 1 heterocycles. The molecule has 2 atom stereocenters. The molecule has 2 unspecified atom stereocenters. The first-order chi connectivity index (χ1) is 7.17. The lowest BCUT2D eigenvalue weighted by Gasteiger charge is -2.37. The van der Waals surface area contributed by atoms with E-state index in [9.17, 15) is 0 Å². The van der Waals surface area contributed by atoms with Crippen LogP contribution in [0.3, 0.4) is 0 Å². The fraction of sp³-hybridized carbons (Fsp3) is 0.909. The van der Waals surface area contributed by atoms with Gasteiger partial charge in [0.15, 0.2) is 0 Å². The van der Waals surface area contributed by atoms with Crippen LogP contribution in [0.25, 0.3) is 0 Å². The van der Waals surface area contributed by atoms with E-state index in [4.69, 9.17) is 15.9 Å². The van der Waals surface area contributed by atoms with Gasteiger partial charge in [0, 0.05) is 25.6 Å². The largest absolute Gasteiger partial charge is 0.388 e. The summed E-state index contributed by atoms with van der Waals surface area (Å²) in [6, 6.07) is 0.417. The lowest BCUT2D eigenvalue weighted by atomic mass is 10.1. The van der Waals surface area contributed by atoms with Crippen LogP contribution < -0.4 is 5.73 Å². The average Bonchev–Trinajstić information content (AvgIpc) is 2.25. The fourth-order valence-electron chi connectivity index (χ4n) is 2.11. The summed E-state index contributed by atoms with van der Waals surface area (Å²) in [4.78, 5) is 2.42. The van der Waals surface area contributed by atoms with Crippen LogP contribution in [-0.2, 0) is 4.74 Å². The molecule has 0 radical (unpaired) electrons. The number of nitrogens with one attached hydrogen (secondary N) is 1. The van der Waals surface area contributed by atoms with E-state index in [0.29, 0.717) is 24.4 Å². The first kappa shape index (κ1) is 12.5. The number of amidine groups is 1. The van der Waals surface area contributed by atoms with Crippen molar-refractivity contribution in [3.63, 3.8) is 0 Å². The molecule has 15 heavy (non-hydrogen) atoms. The van der Waals surface area contributed by atoms with Gasteiger partial charge in [0.1, 0.15) is 0 Å². The quantitative estimate of drug-likeness (QED) is 0.533. The van der Waals surface area contributed by atoms with Crippen molar-refractivity contribution in [1.82, 2.24) is 4.90 Å². The number of rotatable bonds is 5. The Morgan fingerprint density at radius 1 is 1.60 bits per heavy atom. The third-order valence-corrected chi connectivity index (χ3v) is 3.07. The van der Waals surface area contributed by atoms with Gasteiger partial charge < -0.3 is 10.5 Å². The fourth-order valence-corrected chi connectivity index (χ4v) is 2.11. The third-order valence-electron chi connectivity index (χ3n) is 3.07. The minimum Gasteiger partial charge on any atom is -0.388 e. The molecular formula is C11H23N3O. The highest BCUT2D eigenvalue weighted by atomic mass is 16.5. The number of ether oxygens (including phenoxy) is 1. The Morgan fingerprint density at radius 2 is 2.33 bits per heavy atom. The minimum absolute atomic E-state index is 0.293. The lowest BCUT2D eigenvalue weighted by Crippen LogP contribution is -2.48. The highest BCUT2D eigenvalue weighted by Crippen LogP contribution is 2.15. The second-order valence-electron chi connectivity index (χ2n) is 4.19. The predicted molar refractivity (Wildman–Crippen MR) is 62.2 cm³/mol. The van der Waals surface area contributed by atoms with Crippen LogP contribution in [-0.4, -0.2) is 42.6 Å². The highest BCUT2D eigenvalue weighted by Gasteiger charge is 2.24. The van der Waals surface area contributed by atoms with E-state index in [1.54, 1.807) is 0 Å². The smallest absolute Gasteiger partial charge is 0.0921 e. The molecule has 0 aromatic rings. The van der Waals surface area contributed by atoms with Crippen molar-refractivity contribution < 1.29 is 4.74 Å². The molecule has 3 N–H and O–H groups in total. The molecule has 0 aliphatic carbocycles. The SMILES string of the molecule is CCC1CN(C(CC)CC(=N)N)CCO1. The van der Waals surface area contributed by atoms with Crippen LogP contribution >= 0.6 is 0 Å². The summed E-state index contributed by atoms with van der Waals surface area (Å²) in [6.07, 6.45) is 3.16. The van der Waals surface area contributed by atoms with Crippen molar-refractivity contribution in [3.05, 3.63) is 0 Å². The Bertz CT molecular complexity index is 208. The minimum atomic E-state index is 0.293. The third kappa shape index (κ3) is 3.80. The Morgan fingerprint density at radius 3 is 2.87 bits per heavy atom. The number of nitrogens with two attached hydrogens (primary N) is 1. The van der Waals surface area contributed by atoms with E-state index in [-0.39, 0.29) is 0 Å². The highest BCUT2D eigenvalue weighted by molar-refractivity contribution is 5.77. The van der Waals surface area contributed by atoms with Crippen LogP contribution in [0.4, 0.5) is 0 Å². The predicted octanol–water partition coefficient (Wildman–Crippen LogP) is 1.20. The summed E-state index contributed by atoms with van der Waals surface area (Å²) in [7, 11) is 0. The molecule has 88 valence electrons. The van der Waals surface area contributed by atoms with E-state index < -0.39 is 0 Å². The molecular weight excluding hydrogens is 190 g/mol. The van der Waals surface area contributed by atoms with Gasteiger partial charge in [-0.15, -0.1) is 0 Å². The molecule has 0 aromatic carbocycles. The molecule has 0 aromatic heterocycles. The summed E-state index contributed by atoms with van der Waals surface area (Å²) < 4.78 is 5.63. The second-order valence-corrected chi connectivity index (χ2v) is 4.19. The standard InChI is InChI=1S/C11H23N3O/c1-3-9(7-11(12)13)14-5-6-15-10(4-2)8-14/h9-10H,3-8H2,1-2H3,(H3,12,13). The van der Waals surface area contributed by atoms with Crippen LogP contribution in [0.1, 0.15) is 33.1 Å². The van der Waals surface area contributed by atoms with E-state index in [1.807, 2.05) is 0 Å². The van der Waals surface area contributed by atoms with Gasteiger partial charge in [0.25, 0.3) is 0 Å². The summed E-state index contributed by atoms with van der Waals surface area (Å²) in [5, 5.41) is 7.36. The maximum atomic E-state index is 7.36. The van der Waals surface area contributed by atoms with E-state index in [2.05, 4.69) is 18.7 Å². The molecule has 4 heteroatoms. The van der Waals surface area contributed by atoms with Crippen LogP contribution in [0, 0.1) is 5.41 Å². The zero-order chi connectivity index (χ0) is 11.3. The molecule has 0 saturated carbocycles. The lowest BCUT2D eigenvalue weighted by molar-refractivity contribution is -0.0439. The van der Waals surface area contributed by atoms with Crippen molar-refractivity contribution in [2.45, 2.75) is 45.3 Å². The van der Waals surface area contributed by atoms with Crippen molar-refractivity contribution in [3.8, 4) is 0 Å². The van der Waals surface area contributed by atoms with Gasteiger partial charge in [-0.3, -0.25) is 10.3 Å². The monoisotopic (exact) mass is 213 g/mol. The van der Waals surface area contributed by atoms with Gasteiger partial charge in [-0.25, -0.2) is 0 Å². The zero-order valence-corrected chi connectivity index (χ0v) is 9.83. The van der Waals surface area contributed by atoms with Gasteiger partial charge in [0.2, 0.25) is 0 Å². The van der Waals surface area contributed by atoms with Crippen LogP contribution in [0.5, 0.6) is 0 Å². The molecule has 1 aliphatic heterocycles. The Balaban J connectivity index is 2.47. The summed E-state index contributed by atoms with van der Waals surface area (Å²) in [5.74, 6) is 0.293. The van der Waals surface area contributed by atoms with Crippen molar-refractivity contribution >= 4 is 5.84 Å². The van der Waals surface area contributed by atoms with Crippen LogP contribution in [0.2, 0.25) is 0 Å². The maximum absolute atomic E-state index is 7.36. The Labute approximate surface area is 92.3 Å². The first-order valence-corrected chi connectivity index (χ1v) is 5.85. The van der Waals surface area contributed by atoms with E-state index in [0.717, 1.165) is 32.5 Å². The molecule has 0 bridgehead atoms. The summed E-state index contributed by atoms with van der Waals surface area (Å²) >= 11 is 0. The zero-order valence-electron chi connectivity index (χ0n) is 9.83. The average molecular weight is 213 g/mol. The van der Waals surface area contributed by atoms with Gasteiger partial charge in [-0.05, 0) is 12.8 Å². The molecule has 1 rings (SSSR count). The second kappa shape index (κ2) is 6.08. The molecule has 0 amide bonds. The molecule has 1 aliphatic rings. The maximum Gasteiger partial charge on any atom is 0.0921 e. The summed E-state index contributed by atoms with van der Waals surface area (Å²) in [6.45, 7) is 7.08. The molecule has 1 saturated heterocycles.